The second-order valence-corrected chi connectivity index (χ2v) is 4.58. The summed E-state index contributed by atoms with van der Waals surface area (Å²) in [6, 6.07) is 8.95. The lowest BCUT2D eigenvalue weighted by Gasteiger charge is -2.25. The van der Waals surface area contributed by atoms with Gasteiger partial charge in [0.05, 0.1) is 17.7 Å². The number of nitrogens with zero attached hydrogens (tertiary/aromatic N) is 2. The average Bonchev–Trinajstić information content (AvgIpc) is 2.46. The third kappa shape index (κ3) is 4.38. The van der Waals surface area contributed by atoms with Gasteiger partial charge < -0.3 is 10.6 Å². The van der Waals surface area contributed by atoms with Gasteiger partial charge in [0.1, 0.15) is 0 Å². The fourth-order valence-electron chi connectivity index (χ4n) is 1.85. The molecule has 0 heterocycles. The normalized spacial score (nSPS) is 11.7. The Morgan fingerprint density at radius 3 is 2.47 bits per heavy atom. The van der Waals surface area contributed by atoms with Crippen LogP contribution in [0.4, 0.5) is 0 Å². The topological polar surface area (TPSA) is 70.1 Å². The quantitative estimate of drug-likeness (QED) is 0.849. The van der Waals surface area contributed by atoms with Crippen molar-refractivity contribution < 1.29 is 4.79 Å². The predicted molar refractivity (Wildman–Crippen MR) is 75.1 cm³/mol. The van der Waals surface area contributed by atoms with Crippen molar-refractivity contribution in [2.75, 3.05) is 6.54 Å². The van der Waals surface area contributed by atoms with Crippen LogP contribution < -0.4 is 5.73 Å². The molecule has 4 nitrogen and oxygen atoms in total. The number of carbonyl (C=O) groups excluding carboxylic acids is 1. The molecule has 0 aliphatic carbocycles. The van der Waals surface area contributed by atoms with E-state index in [9.17, 15) is 4.79 Å². The number of nitriles is 1. The number of benzene rings is 1. The van der Waals surface area contributed by atoms with Crippen molar-refractivity contribution in [1.29, 1.82) is 5.26 Å². The van der Waals surface area contributed by atoms with Crippen LogP contribution in [0.3, 0.4) is 0 Å². The summed E-state index contributed by atoms with van der Waals surface area (Å²) in [4.78, 5) is 13.9. The maximum absolute atomic E-state index is 12.1. The lowest BCUT2D eigenvalue weighted by molar-refractivity contribution is -0.133. The molecule has 2 N–H and O–H groups in total. The Bertz CT molecular complexity index is 447. The first kappa shape index (κ1) is 15.2. The molecule has 0 bridgehead atoms. The first-order valence-corrected chi connectivity index (χ1v) is 6.65. The highest BCUT2D eigenvalue weighted by molar-refractivity contribution is 5.81. The zero-order valence-electron chi connectivity index (χ0n) is 11.6. The van der Waals surface area contributed by atoms with Crippen LogP contribution in [0.25, 0.3) is 0 Å². The van der Waals surface area contributed by atoms with E-state index < -0.39 is 6.04 Å². The standard InChI is InChI=1S/C15H21N3O/c1-3-9-18(15(19)14(17)4-2)11-13-7-5-12(10-16)6-8-13/h5-8,14H,3-4,9,11,17H2,1-2H3/t14-/m1/s1. The van der Waals surface area contributed by atoms with Crippen molar-refractivity contribution in [2.24, 2.45) is 5.73 Å². The van der Waals surface area contributed by atoms with E-state index in [4.69, 9.17) is 11.0 Å². The smallest absolute Gasteiger partial charge is 0.239 e. The lowest BCUT2D eigenvalue weighted by Crippen LogP contribution is -2.43. The molecule has 4 heteroatoms. The van der Waals surface area contributed by atoms with Crippen molar-refractivity contribution in [2.45, 2.75) is 39.3 Å². The summed E-state index contributed by atoms with van der Waals surface area (Å²) >= 11 is 0. The van der Waals surface area contributed by atoms with Gasteiger partial charge in [-0.3, -0.25) is 4.79 Å². The molecule has 0 spiro atoms. The van der Waals surface area contributed by atoms with E-state index >= 15 is 0 Å². The molecule has 1 atom stereocenters. The first-order chi connectivity index (χ1) is 9.12. The van der Waals surface area contributed by atoms with Gasteiger partial charge in [-0.05, 0) is 30.5 Å². The van der Waals surface area contributed by atoms with E-state index in [0.717, 1.165) is 12.0 Å². The zero-order chi connectivity index (χ0) is 14.3. The van der Waals surface area contributed by atoms with Gasteiger partial charge >= 0.3 is 0 Å². The molecule has 0 unspecified atom stereocenters. The van der Waals surface area contributed by atoms with Gasteiger partial charge in [0, 0.05) is 13.1 Å². The number of hydrogen-bond donors (Lipinski definition) is 1. The minimum atomic E-state index is -0.426. The SMILES string of the molecule is CCCN(Cc1ccc(C#N)cc1)C(=O)[C@H](N)CC. The van der Waals surface area contributed by atoms with Crippen LogP contribution in [0.2, 0.25) is 0 Å². The molecule has 0 aliphatic heterocycles. The summed E-state index contributed by atoms with van der Waals surface area (Å²) in [7, 11) is 0. The first-order valence-electron chi connectivity index (χ1n) is 6.65. The largest absolute Gasteiger partial charge is 0.337 e. The van der Waals surface area contributed by atoms with Gasteiger partial charge in [-0.15, -0.1) is 0 Å². The predicted octanol–water partition coefficient (Wildman–Crippen LogP) is 2.03. The summed E-state index contributed by atoms with van der Waals surface area (Å²) < 4.78 is 0. The third-order valence-electron chi connectivity index (χ3n) is 3.02. The fraction of sp³-hybridized carbons (Fsp3) is 0.467. The Balaban J connectivity index is 2.77. The number of rotatable bonds is 6. The maximum atomic E-state index is 12.1. The van der Waals surface area contributed by atoms with Gasteiger partial charge in [-0.2, -0.15) is 5.26 Å². The van der Waals surface area contributed by atoms with Crippen molar-refractivity contribution in [3.8, 4) is 6.07 Å². The highest BCUT2D eigenvalue weighted by atomic mass is 16.2. The molecular formula is C15H21N3O. The molecule has 1 rings (SSSR count). The number of hydrogen-bond acceptors (Lipinski definition) is 3. The molecule has 0 aromatic heterocycles. The molecule has 0 aliphatic rings. The molecule has 1 amide bonds. The van der Waals surface area contributed by atoms with E-state index in [1.165, 1.54) is 0 Å². The van der Waals surface area contributed by atoms with Gasteiger partial charge in [-0.1, -0.05) is 26.0 Å². The fourth-order valence-corrected chi connectivity index (χ4v) is 1.85. The van der Waals surface area contributed by atoms with Crippen LogP contribution >= 0.6 is 0 Å². The van der Waals surface area contributed by atoms with Crippen molar-refractivity contribution in [3.63, 3.8) is 0 Å². The Labute approximate surface area is 114 Å². The maximum Gasteiger partial charge on any atom is 0.239 e. The van der Waals surface area contributed by atoms with Crippen LogP contribution in [0.15, 0.2) is 24.3 Å². The second-order valence-electron chi connectivity index (χ2n) is 4.58. The van der Waals surface area contributed by atoms with Crippen molar-refractivity contribution >= 4 is 5.91 Å². The molecule has 0 saturated heterocycles. The van der Waals surface area contributed by atoms with E-state index in [2.05, 4.69) is 6.07 Å². The van der Waals surface area contributed by atoms with Gasteiger partial charge in [0.15, 0.2) is 0 Å². The molecule has 19 heavy (non-hydrogen) atoms. The van der Waals surface area contributed by atoms with E-state index in [1.54, 1.807) is 17.0 Å². The highest BCUT2D eigenvalue weighted by Crippen LogP contribution is 2.09. The molecule has 1 aromatic rings. The summed E-state index contributed by atoms with van der Waals surface area (Å²) in [6.07, 6.45) is 1.55. The van der Waals surface area contributed by atoms with Crippen LogP contribution in [-0.4, -0.2) is 23.4 Å². The minimum Gasteiger partial charge on any atom is -0.337 e. The molecule has 1 aromatic carbocycles. The molecule has 0 saturated carbocycles. The van der Waals surface area contributed by atoms with E-state index in [-0.39, 0.29) is 5.91 Å². The van der Waals surface area contributed by atoms with Gasteiger partial charge in [-0.25, -0.2) is 0 Å². The van der Waals surface area contributed by atoms with E-state index in [1.807, 2.05) is 26.0 Å². The van der Waals surface area contributed by atoms with Crippen LogP contribution in [0.5, 0.6) is 0 Å². The Hall–Kier alpha value is -1.86. The number of carbonyl (C=O) groups is 1. The summed E-state index contributed by atoms with van der Waals surface area (Å²) in [5, 5.41) is 8.76. The van der Waals surface area contributed by atoms with Crippen molar-refractivity contribution in [1.82, 2.24) is 4.90 Å². The zero-order valence-corrected chi connectivity index (χ0v) is 11.6. The second kappa shape index (κ2) is 7.55. The third-order valence-corrected chi connectivity index (χ3v) is 3.02. The molecule has 0 radical (unpaired) electrons. The average molecular weight is 259 g/mol. The van der Waals surface area contributed by atoms with Crippen LogP contribution in [-0.2, 0) is 11.3 Å². The summed E-state index contributed by atoms with van der Waals surface area (Å²) in [5.41, 5.74) is 7.46. The van der Waals surface area contributed by atoms with Crippen LogP contribution in [0.1, 0.15) is 37.8 Å². The number of nitrogens with two attached hydrogens (primary N) is 1. The Morgan fingerprint density at radius 2 is 2.00 bits per heavy atom. The van der Waals surface area contributed by atoms with Gasteiger partial charge in [0.2, 0.25) is 5.91 Å². The van der Waals surface area contributed by atoms with Crippen molar-refractivity contribution in [3.05, 3.63) is 35.4 Å². The van der Waals surface area contributed by atoms with Crippen LogP contribution in [0, 0.1) is 11.3 Å². The Morgan fingerprint density at radius 1 is 1.37 bits per heavy atom. The van der Waals surface area contributed by atoms with Gasteiger partial charge in [0.25, 0.3) is 0 Å². The lowest BCUT2D eigenvalue weighted by atomic mass is 10.1. The molecule has 102 valence electrons. The minimum absolute atomic E-state index is 0.00582. The number of amides is 1. The Kier molecular flexibility index (Phi) is 6.04. The summed E-state index contributed by atoms with van der Waals surface area (Å²) in [6.45, 7) is 5.20. The highest BCUT2D eigenvalue weighted by Gasteiger charge is 2.18. The monoisotopic (exact) mass is 259 g/mol. The summed E-state index contributed by atoms with van der Waals surface area (Å²) in [5.74, 6) is -0.00582. The molecule has 0 fully saturated rings. The molecular weight excluding hydrogens is 238 g/mol. The van der Waals surface area contributed by atoms with E-state index in [0.29, 0.717) is 25.1 Å².